The van der Waals surface area contributed by atoms with Gasteiger partial charge in [-0.1, -0.05) is 46.2 Å². The number of rotatable bonds is 9. The molecular formula is C19H30O4. The quantitative estimate of drug-likeness (QED) is 0.683. The molecule has 0 aliphatic rings. The second-order valence-electron chi connectivity index (χ2n) is 6.61. The Morgan fingerprint density at radius 2 is 1.96 bits per heavy atom. The van der Waals surface area contributed by atoms with Gasteiger partial charge in [0, 0.05) is 5.56 Å². The number of aryl methyl sites for hydroxylation is 1. The Morgan fingerprint density at radius 3 is 2.52 bits per heavy atom. The summed E-state index contributed by atoms with van der Waals surface area (Å²) in [6.45, 7) is 8.25. The number of phenolic OH excluding ortho intramolecular Hbond substituents is 1. The lowest BCUT2D eigenvalue weighted by Gasteiger charge is -2.26. The summed E-state index contributed by atoms with van der Waals surface area (Å²) >= 11 is 0. The summed E-state index contributed by atoms with van der Waals surface area (Å²) in [6, 6.07) is 3.81. The van der Waals surface area contributed by atoms with Gasteiger partial charge in [0.1, 0.15) is 12.4 Å². The van der Waals surface area contributed by atoms with Gasteiger partial charge in [0.25, 0.3) is 0 Å². The number of carbonyl (C=O) groups excluding carboxylic acids is 1. The lowest BCUT2D eigenvalue weighted by atomic mass is 9.79. The topological polar surface area (TPSA) is 66.8 Å². The molecule has 0 atom stereocenters. The van der Waals surface area contributed by atoms with E-state index in [2.05, 4.69) is 27.7 Å². The largest absolute Gasteiger partial charge is 0.507 e. The zero-order chi connectivity index (χ0) is 17.5. The standard InChI is InChI=1S/C19H30O4/c1-5-7-8-15-11-14(13-17(21)23-10-9-20)12-16(18(15)22)19(3,4)6-2/h11-12,20,22H,5-10,13H2,1-4H3. The number of benzene rings is 1. The van der Waals surface area contributed by atoms with Crippen molar-refractivity contribution in [3.8, 4) is 5.75 Å². The minimum Gasteiger partial charge on any atom is -0.507 e. The number of aromatic hydroxyl groups is 1. The highest BCUT2D eigenvalue weighted by Crippen LogP contribution is 2.37. The normalized spacial score (nSPS) is 11.5. The molecule has 0 unspecified atom stereocenters. The summed E-state index contributed by atoms with van der Waals surface area (Å²) in [5, 5.41) is 19.4. The van der Waals surface area contributed by atoms with Crippen molar-refractivity contribution >= 4 is 5.97 Å². The summed E-state index contributed by atoms with van der Waals surface area (Å²) in [5.74, 6) is 0.00390. The fourth-order valence-electron chi connectivity index (χ4n) is 2.50. The van der Waals surface area contributed by atoms with Crippen LogP contribution in [0.25, 0.3) is 0 Å². The molecule has 0 radical (unpaired) electrons. The van der Waals surface area contributed by atoms with Crippen molar-refractivity contribution in [3.63, 3.8) is 0 Å². The number of aliphatic hydroxyl groups is 1. The maximum Gasteiger partial charge on any atom is 0.310 e. The lowest BCUT2D eigenvalue weighted by molar-refractivity contribution is -0.143. The van der Waals surface area contributed by atoms with Gasteiger partial charge in [-0.15, -0.1) is 0 Å². The van der Waals surface area contributed by atoms with Crippen LogP contribution < -0.4 is 0 Å². The van der Waals surface area contributed by atoms with Crippen molar-refractivity contribution in [3.05, 3.63) is 28.8 Å². The van der Waals surface area contributed by atoms with E-state index in [1.54, 1.807) is 0 Å². The molecule has 1 aromatic rings. The number of phenols is 1. The molecule has 0 spiro atoms. The first-order chi connectivity index (χ1) is 10.9. The first-order valence-electron chi connectivity index (χ1n) is 8.47. The molecule has 0 amide bonds. The molecule has 23 heavy (non-hydrogen) atoms. The average Bonchev–Trinajstić information content (AvgIpc) is 2.52. The zero-order valence-electron chi connectivity index (χ0n) is 14.8. The molecule has 130 valence electrons. The van der Waals surface area contributed by atoms with Crippen LogP contribution in [0.4, 0.5) is 0 Å². The summed E-state index contributed by atoms with van der Waals surface area (Å²) in [5.41, 5.74) is 2.48. The fourth-order valence-corrected chi connectivity index (χ4v) is 2.50. The summed E-state index contributed by atoms with van der Waals surface area (Å²) in [4.78, 5) is 11.8. The third kappa shape index (κ3) is 5.54. The molecule has 0 bridgehead atoms. The SMILES string of the molecule is CCCCc1cc(CC(=O)OCCO)cc(C(C)(C)CC)c1O. The Bertz CT molecular complexity index is 520. The molecular weight excluding hydrogens is 292 g/mol. The van der Waals surface area contributed by atoms with Gasteiger partial charge in [-0.3, -0.25) is 4.79 Å². The van der Waals surface area contributed by atoms with Gasteiger partial charge in [-0.25, -0.2) is 0 Å². The molecule has 1 aromatic carbocycles. The molecule has 0 saturated heterocycles. The summed E-state index contributed by atoms with van der Waals surface area (Å²) in [7, 11) is 0. The minimum absolute atomic E-state index is 0.0208. The number of hydrogen-bond donors (Lipinski definition) is 2. The van der Waals surface area contributed by atoms with Gasteiger partial charge in [-0.05, 0) is 35.8 Å². The van der Waals surface area contributed by atoms with Crippen LogP contribution in [-0.2, 0) is 27.8 Å². The van der Waals surface area contributed by atoms with E-state index in [1.165, 1.54) is 0 Å². The van der Waals surface area contributed by atoms with Gasteiger partial charge in [0.2, 0.25) is 0 Å². The van der Waals surface area contributed by atoms with Gasteiger partial charge in [0.15, 0.2) is 0 Å². The lowest BCUT2D eigenvalue weighted by Crippen LogP contribution is -2.18. The number of unbranched alkanes of at least 4 members (excludes halogenated alkanes) is 1. The van der Waals surface area contributed by atoms with Crippen molar-refractivity contribution in [2.45, 2.75) is 65.2 Å². The first kappa shape index (κ1) is 19.5. The number of aliphatic hydroxyl groups excluding tert-OH is 1. The van der Waals surface area contributed by atoms with Crippen LogP contribution in [0.2, 0.25) is 0 Å². The number of carbonyl (C=O) groups is 1. The van der Waals surface area contributed by atoms with E-state index in [1.807, 2.05) is 12.1 Å². The maximum atomic E-state index is 11.8. The van der Waals surface area contributed by atoms with Gasteiger partial charge < -0.3 is 14.9 Å². The van der Waals surface area contributed by atoms with E-state index < -0.39 is 0 Å². The van der Waals surface area contributed by atoms with E-state index in [-0.39, 0.29) is 31.0 Å². The smallest absolute Gasteiger partial charge is 0.310 e. The third-order valence-corrected chi connectivity index (χ3v) is 4.36. The Morgan fingerprint density at radius 1 is 1.26 bits per heavy atom. The van der Waals surface area contributed by atoms with Crippen molar-refractivity contribution in [1.82, 2.24) is 0 Å². The zero-order valence-corrected chi connectivity index (χ0v) is 14.8. The summed E-state index contributed by atoms with van der Waals surface area (Å²) < 4.78 is 4.95. The number of esters is 1. The Kier molecular flexibility index (Phi) is 7.56. The van der Waals surface area contributed by atoms with Crippen molar-refractivity contribution in [2.75, 3.05) is 13.2 Å². The molecule has 0 aliphatic heterocycles. The van der Waals surface area contributed by atoms with Crippen LogP contribution in [-0.4, -0.2) is 29.4 Å². The minimum atomic E-state index is -0.355. The maximum absolute atomic E-state index is 11.8. The van der Waals surface area contributed by atoms with Gasteiger partial charge in [0.05, 0.1) is 13.0 Å². The van der Waals surface area contributed by atoms with Gasteiger partial charge >= 0.3 is 5.97 Å². The second kappa shape index (κ2) is 8.92. The predicted molar refractivity (Wildman–Crippen MR) is 91.8 cm³/mol. The molecule has 0 fully saturated rings. The highest BCUT2D eigenvalue weighted by molar-refractivity contribution is 5.73. The molecule has 4 nitrogen and oxygen atoms in total. The molecule has 2 N–H and O–H groups in total. The number of hydrogen-bond acceptors (Lipinski definition) is 4. The molecule has 4 heteroatoms. The summed E-state index contributed by atoms with van der Waals surface area (Å²) in [6.07, 6.45) is 3.90. The Hall–Kier alpha value is -1.55. The van der Waals surface area contributed by atoms with Crippen LogP contribution in [0.1, 0.15) is 63.6 Å². The van der Waals surface area contributed by atoms with Crippen LogP contribution in [0, 0.1) is 0 Å². The first-order valence-corrected chi connectivity index (χ1v) is 8.47. The average molecular weight is 322 g/mol. The Balaban J connectivity index is 3.14. The van der Waals surface area contributed by atoms with Gasteiger partial charge in [-0.2, -0.15) is 0 Å². The highest BCUT2D eigenvalue weighted by Gasteiger charge is 2.24. The van der Waals surface area contributed by atoms with Crippen LogP contribution >= 0.6 is 0 Å². The van der Waals surface area contributed by atoms with Crippen molar-refractivity contribution in [1.29, 1.82) is 0 Å². The van der Waals surface area contributed by atoms with Crippen LogP contribution in [0.5, 0.6) is 5.75 Å². The molecule has 0 saturated carbocycles. The molecule has 0 aromatic heterocycles. The van der Waals surface area contributed by atoms with Crippen LogP contribution in [0.15, 0.2) is 12.1 Å². The second-order valence-corrected chi connectivity index (χ2v) is 6.61. The third-order valence-electron chi connectivity index (χ3n) is 4.36. The van der Waals surface area contributed by atoms with E-state index in [9.17, 15) is 9.90 Å². The van der Waals surface area contributed by atoms with E-state index in [0.717, 1.165) is 42.4 Å². The predicted octanol–water partition coefficient (Wildman–Crippen LogP) is 3.50. The van der Waals surface area contributed by atoms with Crippen molar-refractivity contribution in [2.24, 2.45) is 0 Å². The highest BCUT2D eigenvalue weighted by atomic mass is 16.5. The van der Waals surface area contributed by atoms with Crippen molar-refractivity contribution < 1.29 is 19.7 Å². The number of ether oxygens (including phenoxy) is 1. The molecule has 1 rings (SSSR count). The molecule has 0 heterocycles. The van der Waals surface area contributed by atoms with Crippen LogP contribution in [0.3, 0.4) is 0 Å². The fraction of sp³-hybridized carbons (Fsp3) is 0.632. The van der Waals surface area contributed by atoms with E-state index in [0.29, 0.717) is 5.75 Å². The Labute approximate surface area is 139 Å². The van der Waals surface area contributed by atoms with E-state index >= 15 is 0 Å². The molecule has 0 aliphatic carbocycles. The van der Waals surface area contributed by atoms with E-state index in [4.69, 9.17) is 9.84 Å². The monoisotopic (exact) mass is 322 g/mol.